The number of H-pyrrole nitrogens is 1. The van der Waals surface area contributed by atoms with Crippen molar-refractivity contribution in [3.05, 3.63) is 17.8 Å². The van der Waals surface area contributed by atoms with E-state index in [1.165, 1.54) is 17.5 Å². The van der Waals surface area contributed by atoms with E-state index in [2.05, 4.69) is 25.6 Å². The van der Waals surface area contributed by atoms with E-state index in [1.54, 1.807) is 0 Å². The second-order valence-electron chi connectivity index (χ2n) is 3.44. The van der Waals surface area contributed by atoms with Gasteiger partial charge in [0, 0.05) is 0 Å². The fourth-order valence-corrected chi connectivity index (χ4v) is 2.31. The average Bonchev–Trinajstić information content (AvgIpc) is 2.97. The largest absolute Gasteiger partial charge is 0.391 e. The molecule has 8 heteroatoms. The van der Waals surface area contributed by atoms with Gasteiger partial charge in [0.05, 0.1) is 16.1 Å². The lowest BCUT2D eigenvalue weighted by Gasteiger charge is -1.88. The zero-order valence-corrected chi connectivity index (χ0v) is 9.65. The lowest BCUT2D eigenvalue weighted by atomic mass is 10.3. The first kappa shape index (κ1) is 9.97. The van der Waals surface area contributed by atoms with Crippen LogP contribution in [0.4, 0.5) is 5.00 Å². The number of thiophene rings is 1. The van der Waals surface area contributed by atoms with Crippen molar-refractivity contribution in [2.45, 2.75) is 6.92 Å². The van der Waals surface area contributed by atoms with Gasteiger partial charge in [-0.2, -0.15) is 20.4 Å². The molecule has 0 saturated carbocycles. The van der Waals surface area contributed by atoms with Crippen molar-refractivity contribution < 1.29 is 4.52 Å². The molecule has 0 aliphatic heterocycles. The van der Waals surface area contributed by atoms with Crippen molar-refractivity contribution in [1.82, 2.24) is 25.6 Å². The monoisotopic (exact) mass is 248 g/mol. The summed E-state index contributed by atoms with van der Waals surface area (Å²) in [6, 6.07) is 1.87. The Labute approximate surface area is 99.7 Å². The normalized spacial score (nSPS) is 10.9. The summed E-state index contributed by atoms with van der Waals surface area (Å²) in [6.45, 7) is 1.95. The molecule has 0 unspecified atom stereocenters. The Morgan fingerprint density at radius 1 is 1.47 bits per heavy atom. The number of hydrogen-bond acceptors (Lipinski definition) is 7. The summed E-state index contributed by atoms with van der Waals surface area (Å²) >= 11 is 1.42. The highest BCUT2D eigenvalue weighted by atomic mass is 32.1. The lowest BCUT2D eigenvalue weighted by molar-refractivity contribution is 0.433. The molecule has 3 heterocycles. The van der Waals surface area contributed by atoms with Gasteiger partial charge in [0.25, 0.3) is 5.89 Å². The number of nitrogens with zero attached hydrogens (tertiary/aromatic N) is 4. The van der Waals surface area contributed by atoms with Gasteiger partial charge in [0.1, 0.15) is 0 Å². The van der Waals surface area contributed by atoms with Gasteiger partial charge in [-0.15, -0.1) is 11.3 Å². The summed E-state index contributed by atoms with van der Waals surface area (Å²) in [4.78, 5) is 5.13. The minimum atomic E-state index is 0.403. The van der Waals surface area contributed by atoms with Crippen LogP contribution in [0.15, 0.2) is 16.8 Å². The van der Waals surface area contributed by atoms with Crippen molar-refractivity contribution in [3.8, 4) is 22.3 Å². The molecule has 3 aromatic rings. The van der Waals surface area contributed by atoms with Crippen LogP contribution in [0.1, 0.15) is 5.56 Å². The minimum Gasteiger partial charge on any atom is -0.391 e. The summed E-state index contributed by atoms with van der Waals surface area (Å²) in [6.07, 6.45) is 1.53. The van der Waals surface area contributed by atoms with Crippen molar-refractivity contribution in [2.75, 3.05) is 5.73 Å². The number of aryl methyl sites for hydroxylation is 1. The number of aromatic amines is 1. The molecule has 3 rings (SSSR count). The quantitative estimate of drug-likeness (QED) is 0.711. The first-order valence-electron chi connectivity index (χ1n) is 4.80. The maximum Gasteiger partial charge on any atom is 0.268 e. The van der Waals surface area contributed by atoms with Crippen molar-refractivity contribution in [3.63, 3.8) is 0 Å². The van der Waals surface area contributed by atoms with Gasteiger partial charge in [-0.1, -0.05) is 5.16 Å². The number of rotatable bonds is 2. The molecule has 0 aliphatic carbocycles. The van der Waals surface area contributed by atoms with Crippen molar-refractivity contribution in [1.29, 1.82) is 0 Å². The van der Waals surface area contributed by atoms with Crippen LogP contribution >= 0.6 is 11.3 Å². The van der Waals surface area contributed by atoms with Crippen LogP contribution in [0.3, 0.4) is 0 Å². The Hall–Kier alpha value is -2.22. The smallest absolute Gasteiger partial charge is 0.268 e. The molecule has 0 atom stereocenters. The predicted molar refractivity (Wildman–Crippen MR) is 62.1 cm³/mol. The Morgan fingerprint density at radius 3 is 3.00 bits per heavy atom. The molecular formula is C9H8N6OS. The van der Waals surface area contributed by atoms with Gasteiger partial charge in [-0.05, 0) is 18.6 Å². The minimum absolute atomic E-state index is 0.403. The third-order valence-electron chi connectivity index (χ3n) is 2.20. The summed E-state index contributed by atoms with van der Waals surface area (Å²) < 4.78 is 5.18. The van der Waals surface area contributed by atoms with Gasteiger partial charge in [0.15, 0.2) is 5.69 Å². The van der Waals surface area contributed by atoms with Crippen LogP contribution in [-0.4, -0.2) is 25.6 Å². The predicted octanol–water partition coefficient (Wildman–Crippen LogP) is 1.47. The average molecular weight is 248 g/mol. The number of nitrogen functional groups attached to an aromatic ring is 1. The number of anilines is 1. The maximum absolute atomic E-state index is 5.72. The molecule has 3 aromatic heterocycles. The zero-order valence-electron chi connectivity index (χ0n) is 8.84. The maximum atomic E-state index is 5.72. The number of nitrogens with two attached hydrogens (primary N) is 1. The second kappa shape index (κ2) is 3.67. The summed E-state index contributed by atoms with van der Waals surface area (Å²) in [5.74, 6) is 0.849. The molecule has 0 amide bonds. The van der Waals surface area contributed by atoms with Crippen LogP contribution in [-0.2, 0) is 0 Å². The SMILES string of the molecule is Cc1cc(N)sc1-c1nc(-c2cn[nH]n2)no1. The van der Waals surface area contributed by atoms with Gasteiger partial charge in [0.2, 0.25) is 5.82 Å². The zero-order chi connectivity index (χ0) is 11.8. The van der Waals surface area contributed by atoms with E-state index < -0.39 is 0 Å². The van der Waals surface area contributed by atoms with Crippen molar-refractivity contribution in [2.24, 2.45) is 0 Å². The van der Waals surface area contributed by atoms with Gasteiger partial charge in [-0.3, -0.25) is 0 Å². The molecule has 0 saturated heterocycles. The van der Waals surface area contributed by atoms with Crippen LogP contribution in [0, 0.1) is 6.92 Å². The van der Waals surface area contributed by atoms with Crippen molar-refractivity contribution >= 4 is 16.3 Å². The van der Waals surface area contributed by atoms with E-state index in [0.29, 0.717) is 17.4 Å². The van der Waals surface area contributed by atoms with E-state index in [9.17, 15) is 0 Å². The molecule has 0 aromatic carbocycles. The molecular weight excluding hydrogens is 240 g/mol. The van der Waals surface area contributed by atoms with E-state index >= 15 is 0 Å². The highest BCUT2D eigenvalue weighted by Crippen LogP contribution is 2.33. The van der Waals surface area contributed by atoms with Crippen LogP contribution in [0.25, 0.3) is 22.3 Å². The summed E-state index contributed by atoms with van der Waals surface area (Å²) in [5, 5.41) is 14.6. The van der Waals surface area contributed by atoms with E-state index in [0.717, 1.165) is 15.4 Å². The first-order valence-corrected chi connectivity index (χ1v) is 5.62. The van der Waals surface area contributed by atoms with E-state index in [4.69, 9.17) is 10.3 Å². The highest BCUT2D eigenvalue weighted by Gasteiger charge is 2.16. The lowest BCUT2D eigenvalue weighted by Crippen LogP contribution is -1.80. The third kappa shape index (κ3) is 1.68. The van der Waals surface area contributed by atoms with Crippen LogP contribution in [0.5, 0.6) is 0 Å². The Balaban J connectivity index is 2.03. The fraction of sp³-hybridized carbons (Fsp3) is 0.111. The first-order chi connectivity index (χ1) is 8.24. The van der Waals surface area contributed by atoms with E-state index in [1.807, 2.05) is 13.0 Å². The Morgan fingerprint density at radius 2 is 2.35 bits per heavy atom. The molecule has 7 nitrogen and oxygen atoms in total. The van der Waals surface area contributed by atoms with Gasteiger partial charge in [-0.25, -0.2) is 0 Å². The molecule has 17 heavy (non-hydrogen) atoms. The number of nitrogens with one attached hydrogen (secondary N) is 1. The number of hydrogen-bond donors (Lipinski definition) is 2. The van der Waals surface area contributed by atoms with Crippen LogP contribution in [0.2, 0.25) is 0 Å². The summed E-state index contributed by atoms with van der Waals surface area (Å²) in [7, 11) is 0. The number of aromatic nitrogens is 5. The molecule has 0 aliphatic rings. The second-order valence-corrected chi connectivity index (χ2v) is 4.52. The highest BCUT2D eigenvalue weighted by molar-refractivity contribution is 7.19. The third-order valence-corrected chi connectivity index (χ3v) is 3.26. The molecule has 0 radical (unpaired) electrons. The Kier molecular flexibility index (Phi) is 2.15. The fourth-order valence-electron chi connectivity index (χ4n) is 1.45. The topological polar surface area (TPSA) is 107 Å². The molecule has 86 valence electrons. The molecule has 0 bridgehead atoms. The molecule has 0 spiro atoms. The standard InChI is InChI=1S/C9H8N6OS/c1-4-2-6(10)17-7(4)9-12-8(14-16-9)5-3-11-15-13-5/h2-3H,10H2,1H3,(H,11,13,15). The summed E-state index contributed by atoms with van der Waals surface area (Å²) in [5.41, 5.74) is 7.28. The van der Waals surface area contributed by atoms with Crippen LogP contribution < -0.4 is 5.73 Å². The van der Waals surface area contributed by atoms with Gasteiger partial charge >= 0.3 is 0 Å². The molecule has 0 fully saturated rings. The van der Waals surface area contributed by atoms with E-state index in [-0.39, 0.29) is 0 Å². The molecule has 3 N–H and O–H groups in total. The Bertz CT molecular complexity index is 640. The van der Waals surface area contributed by atoms with Gasteiger partial charge < -0.3 is 10.3 Å².